The minimum atomic E-state index is -2.76. The zero-order chi connectivity index (χ0) is 25.6. The predicted octanol–water partition coefficient (Wildman–Crippen LogP) is 2.85. The lowest BCUT2D eigenvalue weighted by molar-refractivity contribution is -0.167. The Morgan fingerprint density at radius 1 is 1.14 bits per heavy atom. The number of methoxy groups -OCH3 is 1. The molecule has 0 radical (unpaired) electrons. The van der Waals surface area contributed by atoms with Crippen LogP contribution < -0.4 is 0 Å². The number of halogens is 2. The van der Waals surface area contributed by atoms with E-state index < -0.39 is 36.8 Å². The van der Waals surface area contributed by atoms with Gasteiger partial charge >= 0.3 is 6.09 Å². The van der Waals surface area contributed by atoms with E-state index in [1.54, 1.807) is 12.0 Å². The highest BCUT2D eigenvalue weighted by atomic mass is 19.3. The van der Waals surface area contributed by atoms with E-state index in [9.17, 15) is 18.4 Å². The van der Waals surface area contributed by atoms with Crippen LogP contribution in [0, 0.1) is 23.7 Å². The standard InChI is InChI=1S/C26H36F2N2O6/c1-14(2)5-6-18-24(3,36-18)21-20(33-4)17(7-8-25(21)13-34-25)35-23(32)29-9-15-16(10-29)19(15)22(31)30-11-26(27,28)12-30/h5,15-21H,6-13H2,1-4H3/t15-,16+,17-,18-,19?,20-,21-,24+,25+/m1/s1. The van der Waals surface area contributed by atoms with Crippen molar-refractivity contribution in [1.82, 2.24) is 9.80 Å². The highest BCUT2D eigenvalue weighted by Gasteiger charge is 2.72. The average molecular weight is 511 g/mol. The molecule has 0 aromatic heterocycles. The van der Waals surface area contributed by atoms with Crippen LogP contribution in [0.25, 0.3) is 0 Å². The van der Waals surface area contributed by atoms with Gasteiger partial charge in [0.1, 0.15) is 23.4 Å². The van der Waals surface area contributed by atoms with Crippen LogP contribution in [0.2, 0.25) is 0 Å². The number of rotatable bonds is 6. The van der Waals surface area contributed by atoms with Crippen LogP contribution in [0.3, 0.4) is 0 Å². The van der Waals surface area contributed by atoms with Gasteiger partial charge in [0.15, 0.2) is 0 Å². The van der Waals surface area contributed by atoms with Crippen molar-refractivity contribution >= 4 is 12.0 Å². The molecule has 0 bridgehead atoms. The fraction of sp³-hybridized carbons (Fsp3) is 0.846. The summed E-state index contributed by atoms with van der Waals surface area (Å²) in [6, 6.07) is 0. The number of nitrogens with zero attached hydrogens (tertiary/aromatic N) is 2. The molecule has 0 aromatic rings. The molecule has 6 aliphatic rings. The van der Waals surface area contributed by atoms with Gasteiger partial charge in [0, 0.05) is 26.1 Å². The van der Waals surface area contributed by atoms with Crippen molar-refractivity contribution in [2.45, 2.75) is 75.5 Å². The number of hydrogen-bond acceptors (Lipinski definition) is 6. The highest BCUT2D eigenvalue weighted by Crippen LogP contribution is 2.60. The van der Waals surface area contributed by atoms with E-state index in [0.717, 1.165) is 12.8 Å². The van der Waals surface area contributed by atoms with Crippen molar-refractivity contribution in [1.29, 1.82) is 0 Å². The molecule has 4 saturated heterocycles. The minimum absolute atomic E-state index is 0.0364. The second-order valence-electron chi connectivity index (χ2n) is 12.1. The summed E-state index contributed by atoms with van der Waals surface area (Å²) in [5.41, 5.74) is 0.568. The van der Waals surface area contributed by atoms with Crippen LogP contribution in [0.1, 0.15) is 40.0 Å². The Labute approximate surface area is 210 Å². The number of piperidine rings is 1. The molecule has 10 heteroatoms. The molecular formula is C26H36F2N2O6. The molecule has 4 aliphatic heterocycles. The number of epoxide rings is 2. The Morgan fingerprint density at radius 2 is 1.81 bits per heavy atom. The normalized spacial score (nSPS) is 45.6. The Hall–Kier alpha value is -1.78. The molecular weight excluding hydrogens is 474 g/mol. The number of ether oxygens (including phenoxy) is 4. The van der Waals surface area contributed by atoms with E-state index in [-0.39, 0.29) is 47.4 Å². The van der Waals surface area contributed by atoms with Crippen LogP contribution in [0.15, 0.2) is 11.6 Å². The third-order valence-corrected chi connectivity index (χ3v) is 9.38. The van der Waals surface area contributed by atoms with Gasteiger partial charge in [0.05, 0.1) is 31.7 Å². The molecule has 1 unspecified atom stereocenters. The Balaban J connectivity index is 1.06. The first kappa shape index (κ1) is 24.6. The van der Waals surface area contributed by atoms with E-state index in [1.165, 1.54) is 10.5 Å². The zero-order valence-electron chi connectivity index (χ0n) is 21.4. The maximum absolute atomic E-state index is 13.1. The number of allylic oxidation sites excluding steroid dienone is 1. The number of alkyl halides is 2. The molecule has 6 fully saturated rings. The molecule has 2 saturated carbocycles. The Morgan fingerprint density at radius 3 is 2.36 bits per heavy atom. The third kappa shape index (κ3) is 3.95. The number of amides is 2. The summed E-state index contributed by atoms with van der Waals surface area (Å²) in [5, 5.41) is 0. The largest absolute Gasteiger partial charge is 0.443 e. The van der Waals surface area contributed by atoms with Crippen LogP contribution in [0.4, 0.5) is 13.6 Å². The Bertz CT molecular complexity index is 961. The molecule has 8 nitrogen and oxygen atoms in total. The van der Waals surface area contributed by atoms with Gasteiger partial charge in [-0.05, 0) is 51.9 Å². The van der Waals surface area contributed by atoms with Gasteiger partial charge in [-0.1, -0.05) is 11.6 Å². The van der Waals surface area contributed by atoms with Crippen molar-refractivity contribution in [2.75, 3.05) is 39.9 Å². The number of carbonyl (C=O) groups is 2. The molecule has 6 rings (SSSR count). The molecule has 2 aliphatic carbocycles. The molecule has 1 spiro atoms. The molecule has 200 valence electrons. The molecule has 0 N–H and O–H groups in total. The van der Waals surface area contributed by atoms with Gasteiger partial charge in [-0.15, -0.1) is 0 Å². The van der Waals surface area contributed by atoms with Gasteiger partial charge in [0.25, 0.3) is 5.92 Å². The monoisotopic (exact) mass is 510 g/mol. The molecule has 9 atom stereocenters. The highest BCUT2D eigenvalue weighted by molar-refractivity contribution is 5.84. The number of likely N-dealkylation sites (tertiary alicyclic amines) is 2. The number of hydrogen-bond donors (Lipinski definition) is 0. The summed E-state index contributed by atoms with van der Waals surface area (Å²) >= 11 is 0. The maximum atomic E-state index is 13.1. The molecule has 0 aromatic carbocycles. The molecule has 4 heterocycles. The van der Waals surface area contributed by atoms with Crippen molar-refractivity contribution in [2.24, 2.45) is 23.7 Å². The van der Waals surface area contributed by atoms with Gasteiger partial charge in [0.2, 0.25) is 5.91 Å². The van der Waals surface area contributed by atoms with Crippen molar-refractivity contribution in [3.8, 4) is 0 Å². The van der Waals surface area contributed by atoms with E-state index in [0.29, 0.717) is 26.1 Å². The van der Waals surface area contributed by atoms with Crippen LogP contribution in [0.5, 0.6) is 0 Å². The first-order valence-electron chi connectivity index (χ1n) is 13.1. The summed E-state index contributed by atoms with van der Waals surface area (Å²) < 4.78 is 50.4. The summed E-state index contributed by atoms with van der Waals surface area (Å²) in [6.07, 6.45) is 3.38. The second kappa shape index (κ2) is 8.11. The van der Waals surface area contributed by atoms with Crippen LogP contribution in [-0.2, 0) is 23.7 Å². The van der Waals surface area contributed by atoms with E-state index in [1.807, 2.05) is 0 Å². The molecule has 36 heavy (non-hydrogen) atoms. The fourth-order valence-corrected chi connectivity index (χ4v) is 7.19. The smallest absolute Gasteiger partial charge is 0.410 e. The van der Waals surface area contributed by atoms with Crippen LogP contribution in [-0.4, -0.2) is 97.1 Å². The lowest BCUT2D eigenvalue weighted by atomic mass is 9.68. The van der Waals surface area contributed by atoms with Gasteiger partial charge in [-0.2, -0.15) is 0 Å². The number of carbonyl (C=O) groups excluding carboxylic acids is 2. The quantitative estimate of drug-likeness (QED) is 0.404. The number of fused-ring (bicyclic) bond motifs is 1. The third-order valence-electron chi connectivity index (χ3n) is 9.38. The lowest BCUT2D eigenvalue weighted by Gasteiger charge is -2.43. The Kier molecular flexibility index (Phi) is 5.53. The summed E-state index contributed by atoms with van der Waals surface area (Å²) in [5.74, 6) is -3.17. The van der Waals surface area contributed by atoms with E-state index >= 15 is 0 Å². The zero-order valence-corrected chi connectivity index (χ0v) is 21.4. The average Bonchev–Trinajstić information content (AvgIpc) is 3.76. The van der Waals surface area contributed by atoms with Crippen molar-refractivity contribution in [3.05, 3.63) is 11.6 Å². The first-order chi connectivity index (χ1) is 17.0. The summed E-state index contributed by atoms with van der Waals surface area (Å²) in [4.78, 5) is 28.5. The van der Waals surface area contributed by atoms with Gasteiger partial charge < -0.3 is 28.7 Å². The minimum Gasteiger partial charge on any atom is -0.443 e. The fourth-order valence-electron chi connectivity index (χ4n) is 7.19. The summed E-state index contributed by atoms with van der Waals surface area (Å²) in [7, 11) is 1.65. The van der Waals surface area contributed by atoms with Gasteiger partial charge in [-0.25, -0.2) is 13.6 Å². The second-order valence-corrected chi connectivity index (χ2v) is 12.1. The van der Waals surface area contributed by atoms with Crippen molar-refractivity contribution in [3.63, 3.8) is 0 Å². The van der Waals surface area contributed by atoms with E-state index in [4.69, 9.17) is 18.9 Å². The topological polar surface area (TPSA) is 84.1 Å². The summed E-state index contributed by atoms with van der Waals surface area (Å²) in [6.45, 7) is 6.80. The van der Waals surface area contributed by atoms with E-state index in [2.05, 4.69) is 26.8 Å². The maximum Gasteiger partial charge on any atom is 0.410 e. The van der Waals surface area contributed by atoms with Gasteiger partial charge in [-0.3, -0.25) is 4.79 Å². The van der Waals surface area contributed by atoms with Crippen LogP contribution >= 0.6 is 0 Å². The molecule has 2 amide bonds. The lowest BCUT2D eigenvalue weighted by Crippen LogP contribution is -2.59. The first-order valence-corrected chi connectivity index (χ1v) is 13.1. The SMILES string of the molecule is CO[C@@H]1[C@H](OC(=O)N2C[C@@H]3C(C(=O)N4CC(F)(F)C4)[C@@H]3C2)CC[C@]2(CO2)[C@H]1[C@@]1(C)O[C@@H]1CC=C(C)C. The predicted molar refractivity (Wildman–Crippen MR) is 123 cm³/mol. The van der Waals surface area contributed by atoms with Crippen molar-refractivity contribution < 1.29 is 37.3 Å².